The first-order chi connectivity index (χ1) is 13.9. The second kappa shape index (κ2) is 9.69. The van der Waals surface area contributed by atoms with E-state index >= 15 is 0 Å². The van der Waals surface area contributed by atoms with Crippen LogP contribution in [-0.4, -0.2) is 52.7 Å². The van der Waals surface area contributed by atoms with E-state index in [0.29, 0.717) is 18.0 Å². The molecule has 1 aliphatic rings. The van der Waals surface area contributed by atoms with Gasteiger partial charge in [-0.2, -0.15) is 0 Å². The number of halogens is 1. The number of hydrogen-bond acceptors (Lipinski definition) is 4. The summed E-state index contributed by atoms with van der Waals surface area (Å²) in [5, 5.41) is 12.9. The van der Waals surface area contributed by atoms with Crippen LogP contribution in [0.4, 0.5) is 4.79 Å². The average Bonchev–Trinajstić information content (AvgIpc) is 3.03. The van der Waals surface area contributed by atoms with E-state index in [1.165, 1.54) is 0 Å². The fourth-order valence-corrected chi connectivity index (χ4v) is 3.73. The van der Waals surface area contributed by atoms with E-state index < -0.39 is 29.6 Å². The van der Waals surface area contributed by atoms with E-state index in [0.717, 1.165) is 5.56 Å². The van der Waals surface area contributed by atoms with Crippen LogP contribution in [0.5, 0.6) is 0 Å². The molecule has 0 saturated carbocycles. The zero-order valence-electron chi connectivity index (χ0n) is 18.1. The van der Waals surface area contributed by atoms with Gasteiger partial charge < -0.3 is 20.1 Å². The molecule has 0 aromatic heterocycles. The molecule has 1 aromatic rings. The number of rotatable bonds is 6. The minimum atomic E-state index is -0.925. The molecular formula is C22H31ClN2O5. The number of carboxylic acids is 1. The molecule has 8 heteroatoms. The Morgan fingerprint density at radius 1 is 1.20 bits per heavy atom. The number of likely N-dealkylation sites (tertiary alicyclic amines) is 1. The van der Waals surface area contributed by atoms with Crippen LogP contribution in [0.1, 0.15) is 40.2 Å². The SMILES string of the molecule is CC(C)C(NC(=O)OC(C)(C)C)C(=O)N1C[C@H](Cc2ccc(Cl)cc2)[C@@H](C(=O)O)C1. The second-order valence-corrected chi connectivity index (χ2v) is 9.58. The fraction of sp³-hybridized carbons (Fsp3) is 0.591. The average molecular weight is 439 g/mol. The molecule has 1 heterocycles. The number of carboxylic acid groups (broad SMARTS) is 1. The lowest BCUT2D eigenvalue weighted by Gasteiger charge is -2.28. The van der Waals surface area contributed by atoms with Crippen molar-refractivity contribution >= 4 is 29.6 Å². The van der Waals surface area contributed by atoms with Crippen LogP contribution in [-0.2, 0) is 20.7 Å². The summed E-state index contributed by atoms with van der Waals surface area (Å²) >= 11 is 5.93. The predicted octanol–water partition coefficient (Wildman–Crippen LogP) is 3.59. The smallest absolute Gasteiger partial charge is 0.408 e. The Morgan fingerprint density at radius 3 is 2.30 bits per heavy atom. The number of carbonyl (C=O) groups excluding carboxylic acids is 2. The van der Waals surface area contributed by atoms with Crippen molar-refractivity contribution in [1.82, 2.24) is 10.2 Å². The number of carbonyl (C=O) groups is 3. The lowest BCUT2D eigenvalue weighted by Crippen LogP contribution is -2.51. The van der Waals surface area contributed by atoms with Crippen molar-refractivity contribution in [3.63, 3.8) is 0 Å². The Labute approximate surface area is 182 Å². The van der Waals surface area contributed by atoms with Gasteiger partial charge in [0, 0.05) is 18.1 Å². The van der Waals surface area contributed by atoms with Gasteiger partial charge >= 0.3 is 12.1 Å². The van der Waals surface area contributed by atoms with E-state index in [1.54, 1.807) is 37.8 Å². The van der Waals surface area contributed by atoms with E-state index in [9.17, 15) is 19.5 Å². The number of amides is 2. The second-order valence-electron chi connectivity index (χ2n) is 9.15. The molecule has 2 N–H and O–H groups in total. The number of nitrogens with one attached hydrogen (secondary N) is 1. The van der Waals surface area contributed by atoms with Crippen molar-refractivity contribution < 1.29 is 24.2 Å². The first kappa shape index (κ1) is 24.0. The highest BCUT2D eigenvalue weighted by Gasteiger charge is 2.42. The summed E-state index contributed by atoms with van der Waals surface area (Å²) in [5.74, 6) is -2.28. The van der Waals surface area contributed by atoms with Crippen molar-refractivity contribution in [2.45, 2.75) is 52.7 Å². The number of aliphatic carboxylic acids is 1. The molecule has 1 fully saturated rings. The van der Waals surface area contributed by atoms with Gasteiger partial charge in [0.25, 0.3) is 0 Å². The van der Waals surface area contributed by atoms with E-state index in [2.05, 4.69) is 5.32 Å². The summed E-state index contributed by atoms with van der Waals surface area (Å²) < 4.78 is 5.27. The molecule has 7 nitrogen and oxygen atoms in total. The van der Waals surface area contributed by atoms with Gasteiger partial charge in [-0.3, -0.25) is 9.59 Å². The van der Waals surface area contributed by atoms with Crippen LogP contribution in [0.2, 0.25) is 5.02 Å². The predicted molar refractivity (Wildman–Crippen MR) is 114 cm³/mol. The number of benzene rings is 1. The summed E-state index contributed by atoms with van der Waals surface area (Å²) in [7, 11) is 0. The Morgan fingerprint density at radius 2 is 1.80 bits per heavy atom. The van der Waals surface area contributed by atoms with Crippen molar-refractivity contribution in [3.05, 3.63) is 34.9 Å². The highest BCUT2D eigenvalue weighted by molar-refractivity contribution is 6.30. The molecular weight excluding hydrogens is 408 g/mol. The number of hydrogen-bond donors (Lipinski definition) is 2. The van der Waals surface area contributed by atoms with Gasteiger partial charge in [-0.15, -0.1) is 0 Å². The van der Waals surface area contributed by atoms with Crippen molar-refractivity contribution in [2.24, 2.45) is 17.8 Å². The molecule has 1 unspecified atom stereocenters. The molecule has 0 aliphatic carbocycles. The Hall–Kier alpha value is -2.28. The van der Waals surface area contributed by atoms with Crippen LogP contribution in [0.3, 0.4) is 0 Å². The molecule has 0 radical (unpaired) electrons. The van der Waals surface area contributed by atoms with Crippen LogP contribution < -0.4 is 5.32 Å². The molecule has 1 aromatic carbocycles. The molecule has 0 spiro atoms. The maximum Gasteiger partial charge on any atom is 0.408 e. The van der Waals surface area contributed by atoms with Crippen molar-refractivity contribution in [1.29, 1.82) is 0 Å². The Kier molecular flexibility index (Phi) is 7.75. The minimum Gasteiger partial charge on any atom is -0.481 e. The first-order valence-corrected chi connectivity index (χ1v) is 10.5. The van der Waals surface area contributed by atoms with E-state index in [-0.39, 0.29) is 24.3 Å². The lowest BCUT2D eigenvalue weighted by atomic mass is 9.90. The van der Waals surface area contributed by atoms with Crippen molar-refractivity contribution in [3.8, 4) is 0 Å². The molecule has 2 amide bonds. The van der Waals surface area contributed by atoms with Gasteiger partial charge in [-0.25, -0.2) is 4.79 Å². The summed E-state index contributed by atoms with van der Waals surface area (Å²) in [5.41, 5.74) is 0.289. The lowest BCUT2D eigenvalue weighted by molar-refractivity contribution is -0.142. The van der Waals surface area contributed by atoms with E-state index in [4.69, 9.17) is 16.3 Å². The molecule has 1 saturated heterocycles. The topological polar surface area (TPSA) is 95.9 Å². The van der Waals surface area contributed by atoms with Crippen molar-refractivity contribution in [2.75, 3.05) is 13.1 Å². The highest BCUT2D eigenvalue weighted by atomic mass is 35.5. The molecule has 0 bridgehead atoms. The largest absolute Gasteiger partial charge is 0.481 e. The quantitative estimate of drug-likeness (QED) is 0.707. The number of nitrogens with zero attached hydrogens (tertiary/aromatic N) is 1. The maximum atomic E-state index is 13.1. The van der Waals surface area contributed by atoms with Gasteiger partial charge in [0.15, 0.2) is 0 Å². The third-order valence-electron chi connectivity index (χ3n) is 5.09. The van der Waals surface area contributed by atoms with Gasteiger partial charge in [0.05, 0.1) is 5.92 Å². The van der Waals surface area contributed by atoms with Gasteiger partial charge in [0.1, 0.15) is 11.6 Å². The normalized spacial score (nSPS) is 20.2. The Balaban J connectivity index is 2.11. The first-order valence-electron chi connectivity index (χ1n) is 10.1. The van der Waals surface area contributed by atoms with Crippen LogP contribution in [0, 0.1) is 17.8 Å². The fourth-order valence-electron chi connectivity index (χ4n) is 3.61. The summed E-state index contributed by atoms with van der Waals surface area (Å²) in [6.07, 6.45) is -0.134. The molecule has 1 aliphatic heterocycles. The summed E-state index contributed by atoms with van der Waals surface area (Å²) in [4.78, 5) is 38.7. The molecule has 30 heavy (non-hydrogen) atoms. The van der Waals surface area contributed by atoms with Crippen LogP contribution in [0.15, 0.2) is 24.3 Å². The third kappa shape index (κ3) is 6.62. The highest BCUT2D eigenvalue weighted by Crippen LogP contribution is 2.29. The Bertz CT molecular complexity index is 773. The van der Waals surface area contributed by atoms with Gasteiger partial charge in [0.2, 0.25) is 5.91 Å². The summed E-state index contributed by atoms with van der Waals surface area (Å²) in [6, 6.07) is 6.48. The number of ether oxygens (including phenoxy) is 1. The summed E-state index contributed by atoms with van der Waals surface area (Å²) in [6.45, 7) is 9.34. The minimum absolute atomic E-state index is 0.117. The van der Waals surface area contributed by atoms with E-state index in [1.807, 2.05) is 26.0 Å². The molecule has 166 valence electrons. The molecule has 2 rings (SSSR count). The van der Waals surface area contributed by atoms with Crippen LogP contribution >= 0.6 is 11.6 Å². The van der Waals surface area contributed by atoms with Gasteiger partial charge in [-0.1, -0.05) is 37.6 Å². The zero-order valence-corrected chi connectivity index (χ0v) is 18.9. The van der Waals surface area contributed by atoms with Crippen LogP contribution in [0.25, 0.3) is 0 Å². The van der Waals surface area contributed by atoms with Gasteiger partial charge in [-0.05, 0) is 56.7 Å². The zero-order chi connectivity index (χ0) is 22.6. The monoisotopic (exact) mass is 438 g/mol. The maximum absolute atomic E-state index is 13.1. The molecule has 3 atom stereocenters. The third-order valence-corrected chi connectivity index (χ3v) is 5.34. The number of alkyl carbamates (subject to hydrolysis) is 1. The standard InChI is InChI=1S/C22H31ClN2O5/c1-13(2)18(24-21(29)30-22(3,4)5)19(26)25-11-15(17(12-25)20(27)28)10-14-6-8-16(23)9-7-14/h6-9,13,15,17-18H,10-12H2,1-5H3,(H,24,29)(H,27,28)/t15-,17-,18?/m0/s1.